The molecule has 1 aliphatic carbocycles. The Morgan fingerprint density at radius 3 is 2.68 bits per heavy atom. The number of alkyl halides is 3. The van der Waals surface area contributed by atoms with E-state index in [-0.39, 0.29) is 29.1 Å². The summed E-state index contributed by atoms with van der Waals surface area (Å²) in [7, 11) is 0. The molecule has 1 saturated carbocycles. The highest BCUT2D eigenvalue weighted by Crippen LogP contribution is 2.38. The number of aliphatic hydroxyl groups excluding tert-OH is 1. The summed E-state index contributed by atoms with van der Waals surface area (Å²) < 4.78 is 45.4. The van der Waals surface area contributed by atoms with Crippen LogP contribution < -0.4 is 5.32 Å². The molecule has 0 bridgehead atoms. The summed E-state index contributed by atoms with van der Waals surface area (Å²) in [4.78, 5) is 17.0. The molecule has 9 heteroatoms. The van der Waals surface area contributed by atoms with Crippen LogP contribution in [0.4, 0.5) is 13.2 Å². The molecular weight excluding hydrogens is 375 g/mol. The first-order valence-electron chi connectivity index (χ1n) is 8.61. The van der Waals surface area contributed by atoms with Gasteiger partial charge in [0.2, 0.25) is 0 Å². The van der Waals surface area contributed by atoms with Crippen molar-refractivity contribution in [1.82, 2.24) is 15.5 Å². The Balaban J connectivity index is 1.88. The number of halogens is 3. The number of carbonyl (C=O) groups excluding carboxylic acids is 1. The van der Waals surface area contributed by atoms with E-state index < -0.39 is 23.2 Å². The second kappa shape index (κ2) is 6.30. The summed E-state index contributed by atoms with van der Waals surface area (Å²) in [5.74, 6) is -0.518. The van der Waals surface area contributed by atoms with Crippen LogP contribution in [-0.2, 0) is 6.18 Å². The highest BCUT2D eigenvalue weighted by atomic mass is 19.4. The third kappa shape index (κ3) is 3.11. The minimum Gasteiger partial charge on any atom is -0.394 e. The molecule has 6 nitrogen and oxygen atoms in total. The van der Waals surface area contributed by atoms with Crippen LogP contribution in [0.15, 0.2) is 34.9 Å². The van der Waals surface area contributed by atoms with Crippen LogP contribution in [-0.4, -0.2) is 33.3 Å². The van der Waals surface area contributed by atoms with Crippen molar-refractivity contribution >= 4 is 17.0 Å². The van der Waals surface area contributed by atoms with Gasteiger partial charge in [0.25, 0.3) is 11.6 Å². The molecule has 0 spiro atoms. The van der Waals surface area contributed by atoms with Crippen LogP contribution in [0.3, 0.4) is 0 Å². The molecule has 4 rings (SSSR count). The maximum Gasteiger partial charge on any atom is 0.417 e. The fraction of sp³-hybridized carbons (Fsp3) is 0.316. The maximum absolute atomic E-state index is 13.4. The lowest BCUT2D eigenvalue weighted by Gasteiger charge is -2.16. The largest absolute Gasteiger partial charge is 0.417 e. The lowest BCUT2D eigenvalue weighted by molar-refractivity contribution is -0.137. The second-order valence-corrected chi connectivity index (χ2v) is 6.94. The Bertz CT molecular complexity index is 1070. The van der Waals surface area contributed by atoms with Crippen LogP contribution >= 0.6 is 0 Å². The number of aliphatic hydroxyl groups is 1. The lowest BCUT2D eigenvalue weighted by Crippen LogP contribution is -2.39. The molecule has 1 amide bonds. The minimum absolute atomic E-state index is 0.0222. The summed E-state index contributed by atoms with van der Waals surface area (Å²) in [6, 6.07) is 6.30. The molecule has 0 saturated heterocycles. The molecule has 2 aromatic heterocycles. The quantitative estimate of drug-likeness (QED) is 0.711. The fourth-order valence-corrected chi connectivity index (χ4v) is 3.15. The third-order valence-corrected chi connectivity index (χ3v) is 4.91. The first-order valence-corrected chi connectivity index (χ1v) is 8.61. The number of hydrogen-bond donors (Lipinski definition) is 2. The molecule has 3 aromatic rings. The molecule has 0 aliphatic heterocycles. The Labute approximate surface area is 157 Å². The van der Waals surface area contributed by atoms with E-state index in [0.717, 1.165) is 6.07 Å². The van der Waals surface area contributed by atoms with E-state index in [1.54, 1.807) is 6.92 Å². The molecule has 1 aliphatic rings. The first kappa shape index (κ1) is 18.4. The predicted octanol–water partition coefficient (Wildman–Crippen LogP) is 3.47. The van der Waals surface area contributed by atoms with E-state index in [1.165, 1.54) is 24.3 Å². The zero-order valence-corrected chi connectivity index (χ0v) is 14.8. The van der Waals surface area contributed by atoms with E-state index in [0.29, 0.717) is 23.9 Å². The van der Waals surface area contributed by atoms with Gasteiger partial charge in [-0.2, -0.15) is 13.2 Å². The molecule has 146 valence electrons. The Morgan fingerprint density at radius 1 is 1.32 bits per heavy atom. The van der Waals surface area contributed by atoms with Gasteiger partial charge in [0.15, 0.2) is 0 Å². The zero-order chi connectivity index (χ0) is 20.1. The van der Waals surface area contributed by atoms with Crippen molar-refractivity contribution in [3.63, 3.8) is 0 Å². The van der Waals surface area contributed by atoms with Crippen molar-refractivity contribution in [2.75, 3.05) is 6.61 Å². The topological polar surface area (TPSA) is 88.2 Å². The summed E-state index contributed by atoms with van der Waals surface area (Å²) in [6.45, 7) is 1.41. The molecule has 2 N–H and O–H groups in total. The van der Waals surface area contributed by atoms with Crippen molar-refractivity contribution in [2.24, 2.45) is 0 Å². The van der Waals surface area contributed by atoms with Gasteiger partial charge in [-0.15, -0.1) is 0 Å². The number of aromatic nitrogens is 2. The molecular formula is C19H16F3N3O3. The number of benzene rings is 1. The molecule has 28 heavy (non-hydrogen) atoms. The summed E-state index contributed by atoms with van der Waals surface area (Å²) in [5.41, 5.74) is -1.27. The van der Waals surface area contributed by atoms with Gasteiger partial charge in [0.1, 0.15) is 0 Å². The van der Waals surface area contributed by atoms with Gasteiger partial charge in [-0.1, -0.05) is 23.4 Å². The highest BCUT2D eigenvalue weighted by Gasteiger charge is 2.44. The van der Waals surface area contributed by atoms with E-state index >= 15 is 0 Å². The van der Waals surface area contributed by atoms with E-state index in [1.807, 2.05) is 0 Å². The number of fused-ring (bicyclic) bond motifs is 1. The number of aryl methyl sites for hydroxylation is 1. The third-order valence-electron chi connectivity index (χ3n) is 4.91. The van der Waals surface area contributed by atoms with E-state index in [4.69, 9.17) is 4.52 Å². The Morgan fingerprint density at radius 2 is 2.04 bits per heavy atom. The van der Waals surface area contributed by atoms with Gasteiger partial charge >= 0.3 is 6.18 Å². The number of carbonyl (C=O) groups is 1. The van der Waals surface area contributed by atoms with Crippen molar-refractivity contribution in [3.8, 4) is 11.3 Å². The first-order chi connectivity index (χ1) is 13.2. The predicted molar refractivity (Wildman–Crippen MR) is 93.5 cm³/mol. The number of rotatable bonds is 4. The smallest absolute Gasteiger partial charge is 0.394 e. The number of hydrogen-bond acceptors (Lipinski definition) is 5. The summed E-state index contributed by atoms with van der Waals surface area (Å²) in [6.07, 6.45) is -3.31. The van der Waals surface area contributed by atoms with Crippen molar-refractivity contribution in [1.29, 1.82) is 0 Å². The van der Waals surface area contributed by atoms with Crippen molar-refractivity contribution in [3.05, 3.63) is 47.2 Å². The molecule has 1 aromatic carbocycles. The monoisotopic (exact) mass is 391 g/mol. The average molecular weight is 391 g/mol. The van der Waals surface area contributed by atoms with Crippen molar-refractivity contribution in [2.45, 2.75) is 31.5 Å². The Hall–Kier alpha value is -2.94. The minimum atomic E-state index is -4.58. The van der Waals surface area contributed by atoms with Gasteiger partial charge in [0.05, 0.1) is 40.0 Å². The summed E-state index contributed by atoms with van der Waals surface area (Å²) in [5, 5.41) is 16.3. The molecule has 0 atom stereocenters. The van der Waals surface area contributed by atoms with E-state index in [9.17, 15) is 23.1 Å². The fourth-order valence-electron chi connectivity index (χ4n) is 3.15. The van der Waals surface area contributed by atoms with Crippen LogP contribution in [0.25, 0.3) is 22.4 Å². The van der Waals surface area contributed by atoms with Crippen LogP contribution in [0, 0.1) is 6.92 Å². The van der Waals surface area contributed by atoms with Crippen LogP contribution in [0.2, 0.25) is 0 Å². The van der Waals surface area contributed by atoms with Crippen LogP contribution in [0.5, 0.6) is 0 Å². The van der Waals surface area contributed by atoms with Gasteiger partial charge in [-0.05, 0) is 31.9 Å². The molecule has 1 fully saturated rings. The zero-order valence-electron chi connectivity index (χ0n) is 14.8. The number of nitrogens with zero attached hydrogens (tertiary/aromatic N) is 2. The van der Waals surface area contributed by atoms with Gasteiger partial charge in [0, 0.05) is 5.56 Å². The maximum atomic E-state index is 13.4. The van der Waals surface area contributed by atoms with Crippen molar-refractivity contribution < 1.29 is 27.6 Å². The van der Waals surface area contributed by atoms with E-state index in [2.05, 4.69) is 15.5 Å². The standard InChI is InChI=1S/C19H16F3N3O3/c1-10-15-12(16(27)24-18(9-26)6-7-18)8-14(23-17(15)28-25-10)11-4-2-3-5-13(11)19(20,21)22/h2-5,8,26H,6-7,9H2,1H3,(H,24,27). The SMILES string of the molecule is Cc1noc2nc(-c3ccccc3C(F)(F)F)cc(C(=O)NC3(CO)CC3)c12. The van der Waals surface area contributed by atoms with Gasteiger partial charge in [-0.25, -0.2) is 4.98 Å². The normalized spacial score (nSPS) is 15.6. The van der Waals surface area contributed by atoms with Gasteiger partial charge < -0.3 is 14.9 Å². The summed E-state index contributed by atoms with van der Waals surface area (Å²) >= 11 is 0. The highest BCUT2D eigenvalue weighted by molar-refractivity contribution is 6.07. The lowest BCUT2D eigenvalue weighted by atomic mass is 10.0. The molecule has 2 heterocycles. The van der Waals surface area contributed by atoms with Crippen LogP contribution in [0.1, 0.15) is 34.5 Å². The number of amides is 1. The Kier molecular flexibility index (Phi) is 4.15. The van der Waals surface area contributed by atoms with Gasteiger partial charge in [-0.3, -0.25) is 4.79 Å². The second-order valence-electron chi connectivity index (χ2n) is 6.94. The number of pyridine rings is 1. The number of nitrogens with one attached hydrogen (secondary N) is 1. The molecule has 0 unspecified atom stereocenters. The molecule has 0 radical (unpaired) electrons. The average Bonchev–Trinajstić information content (AvgIpc) is 3.34.